The normalized spacial score (nSPS) is 13.9. The quantitative estimate of drug-likeness (QED) is 0.634. The molecule has 1 atom stereocenters. The third-order valence-electron chi connectivity index (χ3n) is 6.54. The maximum absolute atomic E-state index is 12.7. The van der Waals surface area contributed by atoms with E-state index in [1.54, 1.807) is 6.20 Å². The molecule has 0 aliphatic rings. The Hall–Kier alpha value is -2.21. The van der Waals surface area contributed by atoms with E-state index in [-0.39, 0.29) is 23.9 Å². The molecule has 1 N–H and O–H groups in total. The van der Waals surface area contributed by atoms with Gasteiger partial charge < -0.3 is 9.84 Å². The molecule has 0 spiro atoms. The Morgan fingerprint density at radius 1 is 1.14 bits per heavy atom. The number of nitrogens with zero attached hydrogens (tertiary/aromatic N) is 3. The fourth-order valence-corrected chi connectivity index (χ4v) is 3.63. The van der Waals surface area contributed by atoms with Gasteiger partial charge in [0.15, 0.2) is 0 Å². The number of aromatic nitrogens is 3. The molecule has 0 amide bonds. The molecule has 0 aliphatic heterocycles. The Balaban J connectivity index is 2.48. The van der Waals surface area contributed by atoms with E-state index in [1.807, 2.05) is 43.7 Å². The second-order valence-corrected chi connectivity index (χ2v) is 9.36. The SMILES string of the molecule is CCOC(=O)C(C)(C)C(C)(C)CC(c1ccccc1)C(C)(C)n1cc(CO)nn1. The number of benzene rings is 1. The highest BCUT2D eigenvalue weighted by atomic mass is 16.5. The van der Waals surface area contributed by atoms with Crippen LogP contribution in [-0.4, -0.2) is 32.7 Å². The lowest BCUT2D eigenvalue weighted by Gasteiger charge is -2.45. The molecule has 0 saturated heterocycles. The summed E-state index contributed by atoms with van der Waals surface area (Å²) in [6.07, 6.45) is 2.53. The zero-order chi connectivity index (χ0) is 21.9. The van der Waals surface area contributed by atoms with Gasteiger partial charge in [-0.15, -0.1) is 5.10 Å². The largest absolute Gasteiger partial charge is 0.466 e. The molecule has 2 rings (SSSR count). The van der Waals surface area contributed by atoms with Crippen LogP contribution < -0.4 is 0 Å². The van der Waals surface area contributed by atoms with Gasteiger partial charge in [0.2, 0.25) is 0 Å². The van der Waals surface area contributed by atoms with E-state index in [1.165, 1.54) is 5.56 Å². The van der Waals surface area contributed by atoms with E-state index >= 15 is 0 Å². The van der Waals surface area contributed by atoms with Gasteiger partial charge in [0.1, 0.15) is 5.69 Å². The molecule has 0 aliphatic carbocycles. The van der Waals surface area contributed by atoms with E-state index in [9.17, 15) is 9.90 Å². The van der Waals surface area contributed by atoms with Crippen molar-refractivity contribution in [3.63, 3.8) is 0 Å². The molecule has 0 fully saturated rings. The first-order valence-electron chi connectivity index (χ1n) is 10.2. The molecule has 0 bridgehead atoms. The van der Waals surface area contributed by atoms with Crippen LogP contribution in [0.5, 0.6) is 0 Å². The predicted molar refractivity (Wildman–Crippen MR) is 113 cm³/mol. The average Bonchev–Trinajstić information content (AvgIpc) is 3.17. The van der Waals surface area contributed by atoms with Crippen LogP contribution in [0.1, 0.15) is 72.1 Å². The number of rotatable bonds is 9. The van der Waals surface area contributed by atoms with Crippen LogP contribution >= 0.6 is 0 Å². The Bertz CT molecular complexity index is 810. The first-order valence-corrected chi connectivity index (χ1v) is 10.2. The van der Waals surface area contributed by atoms with Gasteiger partial charge >= 0.3 is 5.97 Å². The highest BCUT2D eigenvalue weighted by Gasteiger charge is 2.48. The average molecular weight is 402 g/mol. The third-order valence-corrected chi connectivity index (χ3v) is 6.54. The van der Waals surface area contributed by atoms with Crippen molar-refractivity contribution in [2.24, 2.45) is 10.8 Å². The molecule has 6 nitrogen and oxygen atoms in total. The van der Waals surface area contributed by atoms with Gasteiger partial charge in [0.05, 0.1) is 30.4 Å². The van der Waals surface area contributed by atoms with Crippen molar-refractivity contribution >= 4 is 5.97 Å². The predicted octanol–water partition coefficient (Wildman–Crippen LogP) is 4.29. The van der Waals surface area contributed by atoms with Crippen molar-refractivity contribution in [1.82, 2.24) is 15.0 Å². The molecular weight excluding hydrogens is 366 g/mol. The fourth-order valence-electron chi connectivity index (χ4n) is 3.63. The topological polar surface area (TPSA) is 77.2 Å². The Morgan fingerprint density at radius 2 is 1.76 bits per heavy atom. The Labute approximate surface area is 174 Å². The maximum Gasteiger partial charge on any atom is 0.312 e. The first-order chi connectivity index (χ1) is 13.5. The van der Waals surface area contributed by atoms with Crippen molar-refractivity contribution in [2.45, 2.75) is 73.0 Å². The second kappa shape index (κ2) is 8.66. The van der Waals surface area contributed by atoms with Crippen LogP contribution in [0.2, 0.25) is 0 Å². The molecule has 1 heterocycles. The molecule has 29 heavy (non-hydrogen) atoms. The minimum atomic E-state index is -0.662. The molecular formula is C23H35N3O3. The molecule has 0 saturated carbocycles. The summed E-state index contributed by atoms with van der Waals surface area (Å²) in [6.45, 7) is 14.5. The lowest BCUT2D eigenvalue weighted by Crippen LogP contribution is -2.45. The minimum Gasteiger partial charge on any atom is -0.466 e. The Morgan fingerprint density at radius 3 is 2.28 bits per heavy atom. The smallest absolute Gasteiger partial charge is 0.312 e. The zero-order valence-electron chi connectivity index (χ0n) is 18.8. The van der Waals surface area contributed by atoms with E-state index in [2.05, 4.69) is 50.1 Å². The lowest BCUT2D eigenvalue weighted by atomic mass is 9.61. The maximum atomic E-state index is 12.7. The number of esters is 1. The summed E-state index contributed by atoms with van der Waals surface area (Å²) in [5, 5.41) is 17.8. The van der Waals surface area contributed by atoms with Crippen molar-refractivity contribution in [3.05, 3.63) is 47.8 Å². The van der Waals surface area contributed by atoms with Crippen molar-refractivity contribution < 1.29 is 14.6 Å². The van der Waals surface area contributed by atoms with Gasteiger partial charge in [-0.2, -0.15) is 0 Å². The van der Waals surface area contributed by atoms with Crippen molar-refractivity contribution in [2.75, 3.05) is 6.61 Å². The number of hydrogen-bond donors (Lipinski definition) is 1. The van der Waals surface area contributed by atoms with Crippen LogP contribution in [0.15, 0.2) is 36.5 Å². The van der Waals surface area contributed by atoms with E-state index in [4.69, 9.17) is 4.74 Å². The van der Waals surface area contributed by atoms with Crippen LogP contribution in [0, 0.1) is 10.8 Å². The van der Waals surface area contributed by atoms with Crippen LogP contribution in [0.3, 0.4) is 0 Å². The first kappa shape index (κ1) is 23.1. The second-order valence-electron chi connectivity index (χ2n) is 9.36. The van der Waals surface area contributed by atoms with E-state index < -0.39 is 11.0 Å². The highest BCUT2D eigenvalue weighted by molar-refractivity contribution is 5.77. The van der Waals surface area contributed by atoms with Gasteiger partial charge in [-0.05, 0) is 52.0 Å². The highest BCUT2D eigenvalue weighted by Crippen LogP contribution is 2.50. The molecule has 6 heteroatoms. The molecule has 1 unspecified atom stereocenters. The standard InChI is InChI=1S/C23H35N3O3/c1-8-29-20(28)22(4,5)21(2,3)14-19(17-12-10-9-11-13-17)23(6,7)26-15-18(16-27)24-25-26/h9-13,15,19,27H,8,14,16H2,1-7H3. The number of ether oxygens (including phenoxy) is 1. The Kier molecular flexibility index (Phi) is 6.89. The minimum absolute atomic E-state index is 0.0562. The van der Waals surface area contributed by atoms with Crippen LogP contribution in [-0.2, 0) is 21.7 Å². The summed E-state index contributed by atoms with van der Waals surface area (Å²) >= 11 is 0. The summed E-state index contributed by atoms with van der Waals surface area (Å²) < 4.78 is 7.20. The van der Waals surface area contributed by atoms with Gasteiger partial charge in [-0.25, -0.2) is 4.68 Å². The number of aliphatic hydroxyl groups is 1. The summed E-state index contributed by atoms with van der Waals surface area (Å²) in [4.78, 5) is 12.7. The third kappa shape index (κ3) is 4.69. The number of hydrogen-bond acceptors (Lipinski definition) is 5. The molecule has 1 aromatic carbocycles. The number of aliphatic hydroxyl groups excluding tert-OH is 1. The summed E-state index contributed by atoms with van der Waals surface area (Å²) in [5.74, 6) is -0.126. The molecule has 160 valence electrons. The van der Waals surface area contributed by atoms with Crippen molar-refractivity contribution in [3.8, 4) is 0 Å². The summed E-state index contributed by atoms with van der Waals surface area (Å²) in [7, 11) is 0. The summed E-state index contributed by atoms with van der Waals surface area (Å²) in [5.41, 5.74) is 0.272. The monoisotopic (exact) mass is 401 g/mol. The van der Waals surface area contributed by atoms with Crippen molar-refractivity contribution in [1.29, 1.82) is 0 Å². The molecule has 2 aromatic rings. The summed E-state index contributed by atoms with van der Waals surface area (Å²) in [6, 6.07) is 10.3. The van der Waals surface area contributed by atoms with Crippen LogP contribution in [0.4, 0.5) is 0 Å². The molecule has 1 aromatic heterocycles. The van der Waals surface area contributed by atoms with Gasteiger partial charge in [-0.3, -0.25) is 4.79 Å². The number of carbonyl (C=O) groups is 1. The zero-order valence-corrected chi connectivity index (χ0v) is 18.8. The van der Waals surface area contributed by atoms with Gasteiger partial charge in [0, 0.05) is 5.92 Å². The van der Waals surface area contributed by atoms with Gasteiger partial charge in [0.25, 0.3) is 0 Å². The van der Waals surface area contributed by atoms with Crippen LogP contribution in [0.25, 0.3) is 0 Å². The number of carbonyl (C=O) groups excluding carboxylic acids is 1. The van der Waals surface area contributed by atoms with E-state index in [0.717, 1.165) is 6.42 Å². The van der Waals surface area contributed by atoms with E-state index in [0.29, 0.717) is 12.3 Å². The fraction of sp³-hybridized carbons (Fsp3) is 0.609. The molecule has 0 radical (unpaired) electrons. The van der Waals surface area contributed by atoms with Gasteiger partial charge in [-0.1, -0.05) is 49.4 Å². The lowest BCUT2D eigenvalue weighted by molar-refractivity contribution is -0.161.